The number of carbonyl (C=O) groups is 16. The predicted molar refractivity (Wildman–Crippen MR) is 371 cm³/mol. The van der Waals surface area contributed by atoms with E-state index in [0.29, 0.717) is 5.56 Å². The average Bonchev–Trinajstić information content (AvgIpc) is 1.71. The molecule has 4 aliphatic rings. The number of aliphatic hydroxyl groups is 1. The maximum absolute atomic E-state index is 15.1. The number of fused-ring (bicyclic) bond motifs is 20. The molecule has 552 valence electrons. The first-order valence-electron chi connectivity index (χ1n) is 31.2. The van der Waals surface area contributed by atoms with Gasteiger partial charge in [0.05, 0.1) is 25.1 Å². The van der Waals surface area contributed by atoms with Gasteiger partial charge in [-0.3, -0.25) is 71.9 Å². The second-order valence-electron chi connectivity index (χ2n) is 23.5. The number of primary amides is 1. The molecule has 4 bridgehead atoms. The minimum Gasteiger partial charge on any atom is -0.508 e. The van der Waals surface area contributed by atoms with Crippen LogP contribution in [0.4, 0.5) is 0 Å². The van der Waals surface area contributed by atoms with Gasteiger partial charge in [0.1, 0.15) is 84.0 Å². The number of aliphatic carboxylic acids is 2. The van der Waals surface area contributed by atoms with Crippen molar-refractivity contribution in [2.75, 3.05) is 47.6 Å². The Bertz CT molecular complexity index is 3400. The molecule has 2 aromatic carbocycles. The van der Waals surface area contributed by atoms with E-state index < -0.39 is 240 Å². The molecule has 21 N–H and O–H groups in total. The summed E-state index contributed by atoms with van der Waals surface area (Å²) in [4.78, 5) is 227. The van der Waals surface area contributed by atoms with Crippen LogP contribution in [-0.4, -0.2) is 257 Å². The van der Waals surface area contributed by atoms with E-state index in [1.807, 2.05) is 0 Å². The predicted octanol–water partition coefficient (Wildman–Crippen LogP) is -5.94. The fraction of sp³-hybridized carbons (Fsp3) is 0.525. The Morgan fingerprint density at radius 1 is 0.574 bits per heavy atom. The standard InChI is InChI=1S/C59H79N15O21S6/c1-26-47(82)69-41-25-101-99-22-38-52(87)65-33(13-14-45(80)81)49(84)66-34(16-28-5-9-30(76)10-6-28)50(85)71-40(54(89)72-39(23-97-96-20-32(60)48(83)70-38)53(88)67-35(18-43(61)78)58(93)74-15-3-4-42(74)56(91)63-26)24-100-98-21-37(64-44(79)19-62-57(92)46(27(2)75)73-55(41)90)51(86)68-36(59(94)95)17-29-7-11-31(77)12-8-29/h5-12,26-27,32-42,46,75-77H,3-4,13-25,60H2,1-2H3,(H2,61,78)(H,62,92)(H,63,91)(H,64,79)(H,65,87)(H,66,84)(H,67,88)(H,68,86)(H,69,82)(H,70,83)(H,71,85)(H,72,89)(H,73,90)(H,80,81)(H,94,95)/t26-,27?,32-,33-,34?,35?,36-,37?,38-,39-,40-,41-,42-,46?/m0/s1. The molecule has 4 aliphatic heterocycles. The van der Waals surface area contributed by atoms with E-state index >= 15 is 9.59 Å². The molecule has 14 atom stereocenters. The number of rotatable bonds is 13. The molecule has 0 saturated carbocycles. The Kier molecular flexibility index (Phi) is 32.1. The number of nitrogens with one attached hydrogen (secondary N) is 12. The first kappa shape index (κ1) is 81.5. The van der Waals surface area contributed by atoms with Gasteiger partial charge in [-0.25, -0.2) is 4.79 Å². The molecule has 0 radical (unpaired) electrons. The molecule has 0 aliphatic carbocycles. The molecule has 6 rings (SSSR count). The minimum absolute atomic E-state index is 0.00937. The number of carbonyl (C=O) groups excluding carboxylic acids is 14. The van der Waals surface area contributed by atoms with Crippen molar-refractivity contribution in [3.63, 3.8) is 0 Å². The number of phenols is 2. The normalized spacial score (nSPS) is 27.3. The van der Waals surface area contributed by atoms with Crippen molar-refractivity contribution in [3.8, 4) is 11.5 Å². The van der Waals surface area contributed by atoms with Crippen LogP contribution in [0.3, 0.4) is 0 Å². The number of nitrogens with two attached hydrogens (primary N) is 2. The van der Waals surface area contributed by atoms with E-state index in [0.717, 1.165) is 76.6 Å². The highest BCUT2D eigenvalue weighted by Gasteiger charge is 2.42. The van der Waals surface area contributed by atoms with Crippen molar-refractivity contribution >= 4 is 159 Å². The van der Waals surface area contributed by atoms with Crippen LogP contribution < -0.4 is 75.3 Å². The van der Waals surface area contributed by atoms with E-state index in [-0.39, 0.29) is 48.6 Å². The SMILES string of the molecule is CC(O)C1NC(=O)[C@@H]2CSSC[C@@H]3NC(=O)[C@@H](N)CSSC[C@H](NC(=O)[C@H](CSSCC(C(=O)N[C@@H](Cc4ccc(O)cc4)C(=O)O)NC(=O)CNC1=O)NC(=O)C(Cc1ccc(O)cc1)NC(=O)[C@H](CCC(=O)O)NC3=O)C(=O)NC(CC(N)=O)C(=O)N1CCC[C@H]1C(=O)N[C@@H](C)C(=O)N2. The third-order valence-electron chi connectivity index (χ3n) is 15.6. The number of benzene rings is 2. The van der Waals surface area contributed by atoms with Gasteiger partial charge >= 0.3 is 11.9 Å². The van der Waals surface area contributed by atoms with Crippen LogP contribution in [0, 0.1) is 0 Å². The fourth-order valence-electron chi connectivity index (χ4n) is 10.0. The van der Waals surface area contributed by atoms with Crippen molar-refractivity contribution in [2.45, 2.75) is 143 Å². The lowest BCUT2D eigenvalue weighted by Gasteiger charge is -2.30. The highest BCUT2D eigenvalue weighted by atomic mass is 33.1. The van der Waals surface area contributed by atoms with Gasteiger partial charge < -0.3 is 106 Å². The van der Waals surface area contributed by atoms with Crippen molar-refractivity contribution in [1.29, 1.82) is 0 Å². The van der Waals surface area contributed by atoms with Gasteiger partial charge in [-0.05, 0) is 68.5 Å². The van der Waals surface area contributed by atoms with Crippen LogP contribution in [0.15, 0.2) is 48.5 Å². The molecule has 14 amide bonds. The van der Waals surface area contributed by atoms with Gasteiger partial charge in [0.2, 0.25) is 82.7 Å². The van der Waals surface area contributed by atoms with E-state index in [2.05, 4.69) is 63.8 Å². The zero-order valence-corrected chi connectivity index (χ0v) is 59.0. The van der Waals surface area contributed by atoms with Crippen molar-refractivity contribution < 1.29 is 102 Å². The van der Waals surface area contributed by atoms with Crippen LogP contribution in [0.2, 0.25) is 0 Å². The van der Waals surface area contributed by atoms with Gasteiger partial charge in [0.15, 0.2) is 0 Å². The summed E-state index contributed by atoms with van der Waals surface area (Å²) in [5.74, 6) is -21.7. The summed E-state index contributed by atoms with van der Waals surface area (Å²) >= 11 is 0. The molecule has 5 unspecified atom stereocenters. The summed E-state index contributed by atoms with van der Waals surface area (Å²) in [6, 6.07) is -11.7. The molecule has 4 saturated heterocycles. The summed E-state index contributed by atoms with van der Waals surface area (Å²) in [7, 11) is 4.74. The van der Waals surface area contributed by atoms with Crippen LogP contribution in [0.1, 0.15) is 57.1 Å². The minimum atomic E-state index is -1.93. The first-order chi connectivity index (χ1) is 47.9. The fourth-order valence-corrected chi connectivity index (χ4v) is 17.0. The Labute approximate surface area is 600 Å². The number of carboxylic acid groups (broad SMARTS) is 2. The molecule has 2 aromatic rings. The lowest BCUT2D eigenvalue weighted by molar-refractivity contribution is -0.143. The van der Waals surface area contributed by atoms with Gasteiger partial charge in [-0.2, -0.15) is 0 Å². The van der Waals surface area contributed by atoms with Gasteiger partial charge in [-0.1, -0.05) is 89.0 Å². The zero-order chi connectivity index (χ0) is 74.2. The van der Waals surface area contributed by atoms with E-state index in [1.165, 1.54) is 55.5 Å². The van der Waals surface area contributed by atoms with Crippen molar-refractivity contribution in [2.24, 2.45) is 11.5 Å². The number of hydrogen-bond acceptors (Lipinski definition) is 26. The maximum Gasteiger partial charge on any atom is 0.326 e. The zero-order valence-electron chi connectivity index (χ0n) is 54.1. The van der Waals surface area contributed by atoms with E-state index in [4.69, 9.17) is 11.5 Å². The van der Waals surface area contributed by atoms with Crippen LogP contribution in [0.25, 0.3) is 0 Å². The largest absolute Gasteiger partial charge is 0.508 e. The Hall–Kier alpha value is -8.42. The first-order valence-corrected chi connectivity index (χ1v) is 38.7. The molecule has 0 aromatic heterocycles. The number of hydrogen-bond donors (Lipinski definition) is 19. The van der Waals surface area contributed by atoms with E-state index in [9.17, 15) is 92.7 Å². The molecule has 101 heavy (non-hydrogen) atoms. The molecular weight excluding hydrogens is 1450 g/mol. The molecule has 36 nitrogen and oxygen atoms in total. The topological polar surface area (TPSA) is 574 Å². The summed E-state index contributed by atoms with van der Waals surface area (Å²) in [5, 5.41) is 80.4. The number of phenolic OH excluding ortho intramolecular Hbond substituents is 2. The number of amides is 14. The lowest BCUT2D eigenvalue weighted by atomic mass is 10.0. The second kappa shape index (κ2) is 39.7. The number of aliphatic hydroxyl groups excluding tert-OH is 1. The number of nitrogens with zero attached hydrogens (tertiary/aromatic N) is 1. The van der Waals surface area contributed by atoms with Crippen LogP contribution in [-0.2, 0) is 89.6 Å². The molecule has 0 spiro atoms. The summed E-state index contributed by atoms with van der Waals surface area (Å²) in [5.41, 5.74) is 12.6. The van der Waals surface area contributed by atoms with E-state index in [1.54, 1.807) is 0 Å². The van der Waals surface area contributed by atoms with Gasteiger partial charge in [0.25, 0.3) is 0 Å². The van der Waals surface area contributed by atoms with Gasteiger partial charge in [-0.15, -0.1) is 0 Å². The highest BCUT2D eigenvalue weighted by molar-refractivity contribution is 8.77. The Morgan fingerprint density at radius 3 is 1.61 bits per heavy atom. The highest BCUT2D eigenvalue weighted by Crippen LogP contribution is 2.28. The smallest absolute Gasteiger partial charge is 0.326 e. The number of carboxylic acids is 2. The third kappa shape index (κ3) is 25.9. The number of aromatic hydroxyl groups is 2. The lowest BCUT2D eigenvalue weighted by Crippen LogP contribution is -2.61. The van der Waals surface area contributed by atoms with Crippen LogP contribution in [0.5, 0.6) is 11.5 Å². The molecule has 4 fully saturated rings. The molecule has 42 heteroatoms. The Balaban J connectivity index is 1.56. The monoisotopic (exact) mass is 1530 g/mol. The summed E-state index contributed by atoms with van der Waals surface area (Å²) in [6.07, 6.45) is -4.71. The summed E-state index contributed by atoms with van der Waals surface area (Å²) in [6.45, 7) is 1.18. The van der Waals surface area contributed by atoms with Crippen LogP contribution >= 0.6 is 64.8 Å². The molecule has 4 heterocycles. The maximum atomic E-state index is 15.1. The quantitative estimate of drug-likeness (QED) is 0.0656. The van der Waals surface area contributed by atoms with Crippen molar-refractivity contribution in [1.82, 2.24) is 68.7 Å². The van der Waals surface area contributed by atoms with Crippen molar-refractivity contribution in [3.05, 3.63) is 59.7 Å². The van der Waals surface area contributed by atoms with Gasteiger partial charge in [0, 0.05) is 60.3 Å². The summed E-state index contributed by atoms with van der Waals surface area (Å²) < 4.78 is 0. The average molecular weight is 1530 g/mol. The Morgan fingerprint density at radius 2 is 1.06 bits per heavy atom. The molecular formula is C59H79N15O21S6. The third-order valence-corrected chi connectivity index (χ3v) is 22.9. The second-order valence-corrected chi connectivity index (χ2v) is 31.1.